The van der Waals surface area contributed by atoms with Crippen LogP contribution in [0.2, 0.25) is 0 Å². The van der Waals surface area contributed by atoms with Crippen LogP contribution < -0.4 is 0 Å². The molecule has 0 spiro atoms. The van der Waals surface area contributed by atoms with Crippen LogP contribution in [-0.2, 0) is 10.3 Å². The zero-order valence-electron chi connectivity index (χ0n) is 3.27. The van der Waals surface area contributed by atoms with Gasteiger partial charge < -0.3 is 0 Å². The van der Waals surface area contributed by atoms with Gasteiger partial charge >= 0.3 is 10.3 Å². The van der Waals surface area contributed by atoms with Gasteiger partial charge in [0.15, 0.2) is 16.0 Å². The molecule has 0 amide bonds. The Labute approximate surface area is 44.2 Å². The Hall–Kier alpha value is -0.000130. The molecular formula is HB2NO3S. The molecule has 0 aliphatic rings. The van der Waals surface area contributed by atoms with E-state index in [9.17, 15) is 8.42 Å². The molecule has 1 N–H and O–H groups in total. The van der Waals surface area contributed by atoms with Crippen LogP contribution in [0.15, 0.2) is 0 Å². The van der Waals surface area contributed by atoms with Crippen LogP contribution >= 0.6 is 0 Å². The van der Waals surface area contributed by atoms with Gasteiger partial charge in [0, 0.05) is 0 Å². The van der Waals surface area contributed by atoms with Crippen molar-refractivity contribution < 1.29 is 13.0 Å². The lowest BCUT2D eigenvalue weighted by molar-refractivity contribution is 0.463. The lowest BCUT2D eigenvalue weighted by Crippen LogP contribution is -2.23. The lowest BCUT2D eigenvalue weighted by Gasteiger charge is -2.01. The quantitative estimate of drug-likeness (QED) is 0.327. The normalized spacial score (nSPS) is 12.3. The molecule has 0 aliphatic heterocycles. The van der Waals surface area contributed by atoms with Crippen LogP contribution in [-0.4, -0.2) is 33.1 Å². The SMILES string of the molecule is [B]N([B])S(=O)(=O)O. The summed E-state index contributed by atoms with van der Waals surface area (Å²) >= 11 is 0. The first-order valence-electron chi connectivity index (χ1n) is 1.21. The zero-order valence-corrected chi connectivity index (χ0v) is 4.09. The molecule has 7 heavy (non-hydrogen) atoms. The van der Waals surface area contributed by atoms with Gasteiger partial charge in [-0.15, -0.1) is 0 Å². The highest BCUT2D eigenvalue weighted by atomic mass is 32.2. The van der Waals surface area contributed by atoms with E-state index in [1.807, 2.05) is 0 Å². The Morgan fingerprint density at radius 1 is 1.43 bits per heavy atom. The summed E-state index contributed by atoms with van der Waals surface area (Å²) in [5.41, 5.74) is 0. The van der Waals surface area contributed by atoms with E-state index in [1.54, 1.807) is 0 Å². The van der Waals surface area contributed by atoms with E-state index in [0.717, 1.165) is 0 Å². The Morgan fingerprint density at radius 2 is 1.57 bits per heavy atom. The van der Waals surface area contributed by atoms with E-state index in [0.29, 0.717) is 0 Å². The molecule has 0 aromatic rings. The van der Waals surface area contributed by atoms with Crippen molar-refractivity contribution in [1.82, 2.24) is 4.13 Å². The van der Waals surface area contributed by atoms with Crippen LogP contribution in [0.5, 0.6) is 0 Å². The predicted octanol–water partition coefficient (Wildman–Crippen LogP) is -1.74. The van der Waals surface area contributed by atoms with Crippen molar-refractivity contribution in [3.05, 3.63) is 0 Å². The van der Waals surface area contributed by atoms with E-state index in [4.69, 9.17) is 4.55 Å². The topological polar surface area (TPSA) is 57.6 Å². The van der Waals surface area contributed by atoms with Gasteiger partial charge in [0.1, 0.15) is 0 Å². The monoisotopic (exact) mass is 117 g/mol. The molecule has 4 radical (unpaired) electrons. The summed E-state index contributed by atoms with van der Waals surface area (Å²) in [6, 6.07) is 0. The van der Waals surface area contributed by atoms with Gasteiger partial charge in [-0.05, 0) is 0 Å². The fourth-order valence-electron chi connectivity index (χ4n) is 0. The summed E-state index contributed by atoms with van der Waals surface area (Å²) in [5.74, 6) is 0. The molecule has 0 unspecified atom stereocenters. The van der Waals surface area contributed by atoms with E-state index in [2.05, 4.69) is 16.0 Å². The van der Waals surface area contributed by atoms with Crippen molar-refractivity contribution in [2.45, 2.75) is 0 Å². The highest BCUT2D eigenvalue weighted by Gasteiger charge is 2.03. The minimum atomic E-state index is -4.35. The molecule has 0 saturated carbocycles. The van der Waals surface area contributed by atoms with Crippen molar-refractivity contribution in [1.29, 1.82) is 0 Å². The predicted molar refractivity (Wildman–Crippen MR) is 24.9 cm³/mol. The van der Waals surface area contributed by atoms with Crippen molar-refractivity contribution in [3.8, 4) is 0 Å². The average molecular weight is 117 g/mol. The number of hydrogen-bond donors (Lipinski definition) is 1. The maximum absolute atomic E-state index is 9.56. The molecule has 36 valence electrons. The van der Waals surface area contributed by atoms with Crippen LogP contribution in [0.4, 0.5) is 0 Å². The average Bonchev–Trinajstić information content (AvgIpc) is 1.31. The van der Waals surface area contributed by atoms with Crippen LogP contribution in [0.25, 0.3) is 0 Å². The first kappa shape index (κ1) is 7.00. The Kier molecular flexibility index (Phi) is 1.85. The second-order valence-electron chi connectivity index (χ2n) is 0.808. The molecule has 0 aromatic carbocycles. The second-order valence-corrected chi connectivity index (χ2v) is 2.13. The van der Waals surface area contributed by atoms with E-state index in [-0.39, 0.29) is 4.13 Å². The summed E-state index contributed by atoms with van der Waals surface area (Å²) in [5, 5.41) is 0. The smallest absolute Gasteiger partial charge is 0.282 e. The minimum Gasteiger partial charge on any atom is -0.282 e. The molecule has 0 aromatic heterocycles. The van der Waals surface area contributed by atoms with Gasteiger partial charge in [-0.1, -0.05) is 0 Å². The largest absolute Gasteiger partial charge is 0.314 e. The van der Waals surface area contributed by atoms with Crippen LogP contribution in [0, 0.1) is 0 Å². The Bertz CT molecular complexity index is 135. The number of nitrogens with zero attached hydrogens (tertiary/aromatic N) is 1. The van der Waals surface area contributed by atoms with Crippen molar-refractivity contribution in [3.63, 3.8) is 0 Å². The maximum Gasteiger partial charge on any atom is 0.314 e. The van der Waals surface area contributed by atoms with Crippen molar-refractivity contribution in [2.24, 2.45) is 0 Å². The highest BCUT2D eigenvalue weighted by molar-refractivity contribution is 7.85. The van der Waals surface area contributed by atoms with Gasteiger partial charge in [-0.2, -0.15) is 8.42 Å². The summed E-state index contributed by atoms with van der Waals surface area (Å²) in [6.45, 7) is 0. The molecular weight excluding hydrogens is 116 g/mol. The summed E-state index contributed by atoms with van der Waals surface area (Å²) in [7, 11) is 4.33. The number of rotatable bonds is 1. The molecule has 0 bridgehead atoms. The van der Waals surface area contributed by atoms with E-state index < -0.39 is 10.3 Å². The third kappa shape index (κ3) is 2.67. The van der Waals surface area contributed by atoms with Gasteiger partial charge in [0.05, 0.1) is 0 Å². The molecule has 0 fully saturated rings. The summed E-state index contributed by atoms with van der Waals surface area (Å²) in [6.07, 6.45) is 0. The van der Waals surface area contributed by atoms with E-state index >= 15 is 0 Å². The van der Waals surface area contributed by atoms with Crippen molar-refractivity contribution >= 4 is 26.3 Å². The first-order valence-corrected chi connectivity index (χ1v) is 2.61. The zero-order chi connectivity index (χ0) is 6.08. The first-order chi connectivity index (χ1) is 2.94. The molecule has 0 aliphatic carbocycles. The standard InChI is InChI=1S/B2HNO3S/c1-3(2)7(4,5)6/h(H,4,5,6). The van der Waals surface area contributed by atoms with Gasteiger partial charge in [0.2, 0.25) is 0 Å². The third-order valence-electron chi connectivity index (χ3n) is 0.266. The lowest BCUT2D eigenvalue weighted by atomic mass is 10.3. The second kappa shape index (κ2) is 1.85. The Balaban J connectivity index is 4.10. The van der Waals surface area contributed by atoms with Gasteiger partial charge in [-0.3, -0.25) is 8.68 Å². The molecule has 0 rings (SSSR count). The number of hydrogen-bond acceptors (Lipinski definition) is 2. The third-order valence-corrected chi connectivity index (χ3v) is 0.799. The molecule has 0 heterocycles. The molecule has 7 heteroatoms. The molecule has 4 nitrogen and oxygen atoms in total. The summed E-state index contributed by atoms with van der Waals surface area (Å²) < 4.78 is 26.6. The van der Waals surface area contributed by atoms with Gasteiger partial charge in [0.25, 0.3) is 0 Å². The minimum absolute atomic E-state index is 0.285. The molecule has 0 atom stereocenters. The Morgan fingerprint density at radius 3 is 1.57 bits per heavy atom. The van der Waals surface area contributed by atoms with Crippen LogP contribution in [0.1, 0.15) is 0 Å². The molecule has 0 saturated heterocycles. The fraction of sp³-hybridized carbons (Fsp3) is 0. The maximum atomic E-state index is 9.56. The van der Waals surface area contributed by atoms with E-state index in [1.165, 1.54) is 0 Å². The van der Waals surface area contributed by atoms with Gasteiger partial charge in [-0.25, -0.2) is 0 Å². The highest BCUT2D eigenvalue weighted by Crippen LogP contribution is 1.79. The van der Waals surface area contributed by atoms with Crippen molar-refractivity contribution in [2.75, 3.05) is 0 Å². The van der Waals surface area contributed by atoms with Crippen LogP contribution in [0.3, 0.4) is 0 Å². The summed E-state index contributed by atoms with van der Waals surface area (Å²) in [4.78, 5) is 0. The fourth-order valence-corrected chi connectivity index (χ4v) is 0.